The molecule has 2 N–H and O–H groups in total. The highest BCUT2D eigenvalue weighted by molar-refractivity contribution is 6.31. The first kappa shape index (κ1) is 12.3. The Morgan fingerprint density at radius 2 is 2.07 bits per heavy atom. The van der Waals surface area contributed by atoms with Crippen LogP contribution in [0, 0.1) is 0 Å². The molecule has 0 aromatic carbocycles. The number of pyridine rings is 1. The van der Waals surface area contributed by atoms with E-state index in [1.807, 2.05) is 13.1 Å². The summed E-state index contributed by atoms with van der Waals surface area (Å²) in [5.74, 6) is 0.838. The maximum Gasteiger partial charge on any atom is 0.126 e. The molecule has 1 rings (SSSR count). The van der Waals surface area contributed by atoms with Crippen molar-refractivity contribution in [2.45, 2.75) is 32.9 Å². The predicted octanol–water partition coefficient (Wildman–Crippen LogP) is 2.66. The Balaban J connectivity index is 2.75. The highest BCUT2D eigenvalue weighted by Gasteiger charge is 2.10. The van der Waals surface area contributed by atoms with E-state index in [-0.39, 0.29) is 5.54 Å². The highest BCUT2D eigenvalue weighted by atomic mass is 35.5. The van der Waals surface area contributed by atoms with Crippen molar-refractivity contribution in [1.29, 1.82) is 0 Å². The molecule has 3 nitrogen and oxygen atoms in total. The van der Waals surface area contributed by atoms with Crippen LogP contribution in [-0.4, -0.2) is 17.6 Å². The number of aromatic nitrogens is 1. The number of halogens is 1. The minimum absolute atomic E-state index is 0.0897. The average molecular weight is 228 g/mol. The van der Waals surface area contributed by atoms with Crippen molar-refractivity contribution in [1.82, 2.24) is 10.3 Å². The highest BCUT2D eigenvalue weighted by Crippen LogP contribution is 2.18. The van der Waals surface area contributed by atoms with Gasteiger partial charge in [0.25, 0.3) is 0 Å². The van der Waals surface area contributed by atoms with Gasteiger partial charge in [0.05, 0.1) is 5.02 Å². The third-order valence-corrected chi connectivity index (χ3v) is 2.34. The molecule has 0 atom stereocenters. The maximum absolute atomic E-state index is 6.05. The van der Waals surface area contributed by atoms with Gasteiger partial charge >= 0.3 is 0 Å². The van der Waals surface area contributed by atoms with E-state index in [0.717, 1.165) is 17.9 Å². The molecule has 0 unspecified atom stereocenters. The molecule has 0 saturated carbocycles. The molecule has 0 radical (unpaired) electrons. The van der Waals surface area contributed by atoms with E-state index in [1.165, 1.54) is 0 Å². The fourth-order valence-electron chi connectivity index (χ4n) is 1.11. The van der Waals surface area contributed by atoms with Crippen LogP contribution in [0.3, 0.4) is 0 Å². The lowest BCUT2D eigenvalue weighted by atomic mass is 10.1. The van der Waals surface area contributed by atoms with E-state index in [2.05, 4.69) is 36.4 Å². The number of hydrogen-bond donors (Lipinski definition) is 2. The van der Waals surface area contributed by atoms with E-state index >= 15 is 0 Å². The molecule has 0 amide bonds. The van der Waals surface area contributed by atoms with Crippen LogP contribution in [0.25, 0.3) is 0 Å². The largest absolute Gasteiger partial charge is 0.373 e. The maximum atomic E-state index is 6.05. The molecular formula is C11H18ClN3. The zero-order valence-corrected chi connectivity index (χ0v) is 10.4. The van der Waals surface area contributed by atoms with Gasteiger partial charge in [0, 0.05) is 25.3 Å². The van der Waals surface area contributed by atoms with Crippen LogP contribution < -0.4 is 10.6 Å². The Hall–Kier alpha value is -0.800. The van der Waals surface area contributed by atoms with Crippen LogP contribution in [0.4, 0.5) is 5.82 Å². The molecule has 1 heterocycles. The van der Waals surface area contributed by atoms with Gasteiger partial charge in [-0.05, 0) is 32.4 Å². The molecule has 4 heteroatoms. The standard InChI is InChI=1S/C11H18ClN3/c1-11(2,3)15-6-8-5-10(13-4)14-7-9(8)12/h5,7,15H,6H2,1-4H3,(H,13,14). The third-order valence-electron chi connectivity index (χ3n) is 2.00. The fraction of sp³-hybridized carbons (Fsp3) is 0.545. The smallest absolute Gasteiger partial charge is 0.126 e. The lowest BCUT2D eigenvalue weighted by Gasteiger charge is -2.21. The summed E-state index contributed by atoms with van der Waals surface area (Å²) in [5.41, 5.74) is 1.15. The molecule has 0 aliphatic heterocycles. The second kappa shape index (κ2) is 4.81. The summed E-state index contributed by atoms with van der Waals surface area (Å²) in [6.07, 6.45) is 1.67. The fourth-order valence-corrected chi connectivity index (χ4v) is 1.28. The number of hydrogen-bond acceptors (Lipinski definition) is 3. The summed E-state index contributed by atoms with van der Waals surface area (Å²) in [5, 5.41) is 7.08. The summed E-state index contributed by atoms with van der Waals surface area (Å²) in [4.78, 5) is 4.13. The second-order valence-corrected chi connectivity index (χ2v) is 4.92. The summed E-state index contributed by atoms with van der Waals surface area (Å²) >= 11 is 6.05. The first-order valence-electron chi connectivity index (χ1n) is 4.99. The van der Waals surface area contributed by atoms with Gasteiger partial charge in [-0.15, -0.1) is 0 Å². The van der Waals surface area contributed by atoms with Crippen molar-refractivity contribution >= 4 is 17.4 Å². The van der Waals surface area contributed by atoms with E-state index in [9.17, 15) is 0 Å². The Bertz CT molecular complexity index is 331. The molecule has 84 valence electrons. The Morgan fingerprint density at radius 3 is 2.60 bits per heavy atom. The first-order chi connectivity index (χ1) is 6.92. The van der Waals surface area contributed by atoms with Gasteiger partial charge in [0.2, 0.25) is 0 Å². The molecule has 1 aromatic rings. The summed E-state index contributed by atoms with van der Waals surface area (Å²) in [6.45, 7) is 7.13. The van der Waals surface area contributed by atoms with Crippen molar-refractivity contribution in [3.8, 4) is 0 Å². The first-order valence-corrected chi connectivity index (χ1v) is 5.37. The average Bonchev–Trinajstić information content (AvgIpc) is 2.15. The van der Waals surface area contributed by atoms with E-state index in [0.29, 0.717) is 5.02 Å². The second-order valence-electron chi connectivity index (χ2n) is 4.51. The van der Waals surface area contributed by atoms with Crippen molar-refractivity contribution < 1.29 is 0 Å². The molecule has 0 spiro atoms. The van der Waals surface area contributed by atoms with Gasteiger partial charge in [-0.1, -0.05) is 11.6 Å². The van der Waals surface area contributed by atoms with Crippen molar-refractivity contribution in [2.75, 3.05) is 12.4 Å². The molecule has 15 heavy (non-hydrogen) atoms. The van der Waals surface area contributed by atoms with Crippen molar-refractivity contribution in [3.05, 3.63) is 22.8 Å². The van der Waals surface area contributed by atoms with Crippen molar-refractivity contribution in [3.63, 3.8) is 0 Å². The summed E-state index contributed by atoms with van der Waals surface area (Å²) in [7, 11) is 1.84. The van der Waals surface area contributed by atoms with E-state index in [4.69, 9.17) is 11.6 Å². The molecule has 0 aliphatic rings. The Kier molecular flexibility index (Phi) is 3.94. The Labute approximate surface area is 96.2 Å². The number of nitrogens with zero attached hydrogens (tertiary/aromatic N) is 1. The Morgan fingerprint density at radius 1 is 1.40 bits per heavy atom. The summed E-state index contributed by atoms with van der Waals surface area (Å²) in [6, 6.07) is 1.96. The minimum atomic E-state index is 0.0897. The zero-order valence-electron chi connectivity index (χ0n) is 9.69. The van der Waals surface area contributed by atoms with Crippen LogP contribution in [-0.2, 0) is 6.54 Å². The molecule has 0 saturated heterocycles. The topological polar surface area (TPSA) is 37.0 Å². The van der Waals surface area contributed by atoms with Crippen LogP contribution >= 0.6 is 11.6 Å². The van der Waals surface area contributed by atoms with Gasteiger partial charge in [0.15, 0.2) is 0 Å². The van der Waals surface area contributed by atoms with Crippen LogP contribution in [0.1, 0.15) is 26.3 Å². The van der Waals surface area contributed by atoms with Gasteiger partial charge < -0.3 is 10.6 Å². The van der Waals surface area contributed by atoms with Gasteiger partial charge in [0.1, 0.15) is 5.82 Å². The lowest BCUT2D eigenvalue weighted by molar-refractivity contribution is 0.424. The molecule has 1 aromatic heterocycles. The summed E-state index contributed by atoms with van der Waals surface area (Å²) < 4.78 is 0. The van der Waals surface area contributed by atoms with Crippen LogP contribution in [0.5, 0.6) is 0 Å². The monoisotopic (exact) mass is 227 g/mol. The van der Waals surface area contributed by atoms with Gasteiger partial charge in [-0.2, -0.15) is 0 Å². The normalized spacial score (nSPS) is 11.5. The van der Waals surface area contributed by atoms with Gasteiger partial charge in [-0.3, -0.25) is 0 Å². The number of rotatable bonds is 3. The lowest BCUT2D eigenvalue weighted by Crippen LogP contribution is -2.35. The zero-order chi connectivity index (χ0) is 11.5. The number of nitrogens with one attached hydrogen (secondary N) is 2. The van der Waals surface area contributed by atoms with Crippen molar-refractivity contribution in [2.24, 2.45) is 0 Å². The minimum Gasteiger partial charge on any atom is -0.373 e. The number of anilines is 1. The SMILES string of the molecule is CNc1cc(CNC(C)(C)C)c(Cl)cn1. The molecular weight excluding hydrogens is 210 g/mol. The predicted molar refractivity (Wildman–Crippen MR) is 65.4 cm³/mol. The van der Waals surface area contributed by atoms with Crippen LogP contribution in [0.15, 0.2) is 12.3 Å². The molecule has 0 fully saturated rings. The molecule has 0 aliphatic carbocycles. The van der Waals surface area contributed by atoms with Crippen LogP contribution in [0.2, 0.25) is 5.02 Å². The third kappa shape index (κ3) is 4.06. The van der Waals surface area contributed by atoms with E-state index < -0.39 is 0 Å². The quantitative estimate of drug-likeness (QED) is 0.834. The molecule has 0 bridgehead atoms. The van der Waals surface area contributed by atoms with E-state index in [1.54, 1.807) is 6.20 Å². The van der Waals surface area contributed by atoms with Gasteiger partial charge in [-0.25, -0.2) is 4.98 Å².